The van der Waals surface area contributed by atoms with Crippen molar-refractivity contribution in [1.29, 1.82) is 0 Å². The van der Waals surface area contributed by atoms with E-state index in [4.69, 9.17) is 5.73 Å². The Morgan fingerprint density at radius 1 is 0.824 bits per heavy atom. The van der Waals surface area contributed by atoms with Crippen LogP contribution in [0.1, 0.15) is 40.0 Å². The largest absolute Gasteiger partial charge is 0.390 e. The highest BCUT2D eigenvalue weighted by Gasteiger charge is 2.53. The lowest BCUT2D eigenvalue weighted by atomic mass is 9.67. The van der Waals surface area contributed by atoms with E-state index in [-0.39, 0.29) is 6.42 Å². The minimum absolute atomic E-state index is 0.135. The lowest BCUT2D eigenvalue weighted by Crippen LogP contribution is -2.57. The van der Waals surface area contributed by atoms with Crippen molar-refractivity contribution in [2.45, 2.75) is 57.9 Å². The summed E-state index contributed by atoms with van der Waals surface area (Å²) in [6.07, 6.45) is -12.6. The number of alkyl halides is 6. The van der Waals surface area contributed by atoms with Crippen molar-refractivity contribution >= 4 is 0 Å². The molecular weight excluding hydrogens is 248 g/mol. The quantitative estimate of drug-likeness (QED) is 0.763. The fraction of sp³-hybridized carbons (Fsp3) is 1.00. The third-order valence-electron chi connectivity index (χ3n) is 3.26. The molecule has 17 heavy (non-hydrogen) atoms. The number of halogens is 6. The lowest BCUT2D eigenvalue weighted by molar-refractivity contribution is -0.192. The first-order chi connectivity index (χ1) is 7.22. The highest BCUT2D eigenvalue weighted by Crippen LogP contribution is 2.45. The maximum absolute atomic E-state index is 12.3. The van der Waals surface area contributed by atoms with Gasteiger partial charge >= 0.3 is 12.4 Å². The Morgan fingerprint density at radius 2 is 1.12 bits per heavy atom. The van der Waals surface area contributed by atoms with Gasteiger partial charge in [-0.2, -0.15) is 26.3 Å². The molecule has 0 heterocycles. The van der Waals surface area contributed by atoms with Crippen LogP contribution in [0.5, 0.6) is 0 Å². The molecule has 0 aromatic carbocycles. The van der Waals surface area contributed by atoms with Gasteiger partial charge in [0.05, 0.1) is 12.8 Å². The summed E-state index contributed by atoms with van der Waals surface area (Å²) >= 11 is 0. The topological polar surface area (TPSA) is 26.0 Å². The Bertz CT molecular complexity index is 237. The average molecular weight is 265 g/mol. The van der Waals surface area contributed by atoms with Crippen LogP contribution < -0.4 is 5.73 Å². The predicted octanol–water partition coefficient (Wildman–Crippen LogP) is 4.02. The van der Waals surface area contributed by atoms with Gasteiger partial charge in [-0.25, -0.2) is 0 Å². The molecule has 0 atom stereocenters. The molecule has 104 valence electrons. The molecule has 0 aliphatic carbocycles. The Balaban J connectivity index is 5.23. The summed E-state index contributed by atoms with van der Waals surface area (Å²) < 4.78 is 74.1. The molecule has 7 heteroatoms. The van der Waals surface area contributed by atoms with Crippen LogP contribution in [0.4, 0.5) is 26.3 Å². The maximum Gasteiger partial charge on any atom is 0.390 e. The molecule has 0 aliphatic heterocycles. The zero-order chi connectivity index (χ0) is 14.1. The molecule has 0 rings (SSSR count). The summed E-state index contributed by atoms with van der Waals surface area (Å²) in [5, 5.41) is 0. The SMILES string of the molecule is CCC(C)(C)C(N)(CC(F)(F)F)CC(F)(F)F. The normalized spacial score (nSPS) is 15.2. The first-order valence-corrected chi connectivity index (χ1v) is 5.15. The fourth-order valence-corrected chi connectivity index (χ4v) is 1.61. The summed E-state index contributed by atoms with van der Waals surface area (Å²) in [6, 6.07) is 0. The number of hydrogen-bond acceptors (Lipinski definition) is 1. The van der Waals surface area contributed by atoms with Crippen molar-refractivity contribution < 1.29 is 26.3 Å². The Morgan fingerprint density at radius 3 is 1.29 bits per heavy atom. The van der Waals surface area contributed by atoms with Gasteiger partial charge in [0.1, 0.15) is 0 Å². The van der Waals surface area contributed by atoms with Crippen LogP contribution >= 0.6 is 0 Å². The van der Waals surface area contributed by atoms with E-state index >= 15 is 0 Å². The molecule has 0 bridgehead atoms. The molecule has 0 spiro atoms. The highest BCUT2D eigenvalue weighted by molar-refractivity contribution is 5.00. The van der Waals surface area contributed by atoms with Crippen molar-refractivity contribution in [2.24, 2.45) is 11.1 Å². The van der Waals surface area contributed by atoms with E-state index in [1.165, 1.54) is 20.8 Å². The van der Waals surface area contributed by atoms with Crippen molar-refractivity contribution in [3.05, 3.63) is 0 Å². The summed E-state index contributed by atoms with van der Waals surface area (Å²) in [5.41, 5.74) is 1.83. The molecule has 1 nitrogen and oxygen atoms in total. The van der Waals surface area contributed by atoms with Gasteiger partial charge in [-0.15, -0.1) is 0 Å². The molecule has 0 amide bonds. The van der Waals surface area contributed by atoms with Gasteiger partial charge in [0.2, 0.25) is 0 Å². The molecule has 0 aliphatic rings. The molecule has 0 aromatic heterocycles. The smallest absolute Gasteiger partial charge is 0.324 e. The van der Waals surface area contributed by atoms with Crippen LogP contribution in [0.25, 0.3) is 0 Å². The van der Waals surface area contributed by atoms with Gasteiger partial charge in [-0.05, 0) is 11.8 Å². The van der Waals surface area contributed by atoms with Crippen LogP contribution in [-0.4, -0.2) is 17.9 Å². The second-order valence-corrected chi connectivity index (χ2v) is 4.98. The molecule has 0 saturated carbocycles. The van der Waals surface area contributed by atoms with E-state index in [0.717, 1.165) is 0 Å². The second kappa shape index (κ2) is 4.66. The van der Waals surface area contributed by atoms with Crippen molar-refractivity contribution in [2.75, 3.05) is 0 Å². The first-order valence-electron chi connectivity index (χ1n) is 5.15. The number of hydrogen-bond donors (Lipinski definition) is 1. The molecule has 0 saturated heterocycles. The zero-order valence-electron chi connectivity index (χ0n) is 9.97. The zero-order valence-corrected chi connectivity index (χ0v) is 9.97. The molecule has 0 aromatic rings. The van der Waals surface area contributed by atoms with Gasteiger partial charge in [-0.1, -0.05) is 20.8 Å². The summed E-state index contributed by atoms with van der Waals surface area (Å²) in [6.45, 7) is 4.17. The van der Waals surface area contributed by atoms with Crippen LogP contribution in [-0.2, 0) is 0 Å². The van der Waals surface area contributed by atoms with E-state index in [9.17, 15) is 26.3 Å². The summed E-state index contributed by atoms with van der Waals surface area (Å²) in [7, 11) is 0. The first kappa shape index (κ1) is 16.5. The minimum atomic E-state index is -4.72. The highest BCUT2D eigenvalue weighted by atomic mass is 19.4. The summed E-state index contributed by atoms with van der Waals surface area (Å²) in [4.78, 5) is 0. The predicted molar refractivity (Wildman–Crippen MR) is 52.3 cm³/mol. The Kier molecular flexibility index (Phi) is 4.54. The second-order valence-electron chi connectivity index (χ2n) is 4.98. The number of nitrogens with two attached hydrogens (primary N) is 1. The van der Waals surface area contributed by atoms with Gasteiger partial charge in [0.25, 0.3) is 0 Å². The van der Waals surface area contributed by atoms with E-state index in [1.54, 1.807) is 0 Å². The maximum atomic E-state index is 12.3. The third kappa shape index (κ3) is 5.14. The summed E-state index contributed by atoms with van der Waals surface area (Å²) in [5.74, 6) is 0. The Labute approximate surface area is 96.4 Å². The van der Waals surface area contributed by atoms with Crippen LogP contribution in [0.3, 0.4) is 0 Å². The third-order valence-corrected chi connectivity index (χ3v) is 3.26. The molecule has 0 radical (unpaired) electrons. The molecular formula is C10H17F6N. The van der Waals surface area contributed by atoms with E-state index in [0.29, 0.717) is 0 Å². The van der Waals surface area contributed by atoms with E-state index < -0.39 is 36.1 Å². The standard InChI is InChI=1S/C10H17F6N/c1-4-7(2,3)8(17,5-9(11,12)13)6-10(14,15)16/h4-6,17H2,1-3H3. The van der Waals surface area contributed by atoms with Gasteiger partial charge in [0, 0.05) is 5.54 Å². The Hall–Kier alpha value is -0.460. The van der Waals surface area contributed by atoms with Crippen LogP contribution in [0, 0.1) is 5.41 Å². The van der Waals surface area contributed by atoms with Crippen molar-refractivity contribution in [1.82, 2.24) is 0 Å². The van der Waals surface area contributed by atoms with E-state index in [2.05, 4.69) is 0 Å². The van der Waals surface area contributed by atoms with Crippen molar-refractivity contribution in [3.8, 4) is 0 Å². The monoisotopic (exact) mass is 265 g/mol. The fourth-order valence-electron chi connectivity index (χ4n) is 1.61. The van der Waals surface area contributed by atoms with Crippen molar-refractivity contribution in [3.63, 3.8) is 0 Å². The number of rotatable bonds is 4. The molecule has 2 N–H and O–H groups in total. The van der Waals surface area contributed by atoms with Gasteiger partial charge in [0.15, 0.2) is 0 Å². The van der Waals surface area contributed by atoms with Crippen LogP contribution in [0.15, 0.2) is 0 Å². The van der Waals surface area contributed by atoms with Gasteiger partial charge in [-0.3, -0.25) is 0 Å². The molecule has 0 unspecified atom stereocenters. The minimum Gasteiger partial charge on any atom is -0.324 e. The average Bonchev–Trinajstić information content (AvgIpc) is 1.96. The van der Waals surface area contributed by atoms with Crippen LogP contribution in [0.2, 0.25) is 0 Å². The lowest BCUT2D eigenvalue weighted by Gasteiger charge is -2.44. The van der Waals surface area contributed by atoms with E-state index in [1.807, 2.05) is 0 Å². The van der Waals surface area contributed by atoms with Gasteiger partial charge < -0.3 is 5.73 Å². The molecule has 0 fully saturated rings.